The molecule has 1 aromatic heterocycles. The molecule has 5 rings (SSSR count). The van der Waals surface area contributed by atoms with Crippen LogP contribution in [0.1, 0.15) is 11.4 Å². The van der Waals surface area contributed by atoms with Crippen molar-refractivity contribution in [1.29, 1.82) is 0 Å². The van der Waals surface area contributed by atoms with Gasteiger partial charge in [0.2, 0.25) is 5.91 Å². The third-order valence-electron chi connectivity index (χ3n) is 5.99. The van der Waals surface area contributed by atoms with E-state index in [4.69, 9.17) is 9.47 Å². The van der Waals surface area contributed by atoms with E-state index in [-0.39, 0.29) is 11.4 Å². The number of rotatable bonds is 8. The molecule has 0 bridgehead atoms. The van der Waals surface area contributed by atoms with Crippen LogP contribution in [-0.2, 0) is 21.4 Å². The molecule has 0 aliphatic carbocycles. The second kappa shape index (κ2) is 10.4. The fourth-order valence-electron chi connectivity index (χ4n) is 4.13. The van der Waals surface area contributed by atoms with Gasteiger partial charge in [0.25, 0.3) is 10.0 Å². The van der Waals surface area contributed by atoms with Crippen LogP contribution in [0.2, 0.25) is 0 Å². The standard InChI is InChI=1S/C27H26N4O5S/c1-20-28-13-14-30(20)24-10-6-5-7-21(24)18-29-27(32)19-31(37(33,34)23-8-3-2-4-9-23)22-11-12-25-26(17-22)36-16-15-35-25/h2-14,17H,15-16,18-19H2,1H3,(H,29,32). The average Bonchev–Trinajstić information content (AvgIpc) is 3.36. The van der Waals surface area contributed by atoms with Gasteiger partial charge in [-0.1, -0.05) is 36.4 Å². The molecule has 10 heteroatoms. The lowest BCUT2D eigenvalue weighted by Gasteiger charge is -2.26. The minimum Gasteiger partial charge on any atom is -0.486 e. The Morgan fingerprint density at radius 1 is 1.00 bits per heavy atom. The Morgan fingerprint density at radius 2 is 1.73 bits per heavy atom. The molecule has 2 heterocycles. The third-order valence-corrected chi connectivity index (χ3v) is 7.77. The number of nitrogens with one attached hydrogen (secondary N) is 1. The molecule has 3 aromatic carbocycles. The molecule has 0 atom stereocenters. The number of hydrogen-bond donors (Lipinski definition) is 1. The van der Waals surface area contributed by atoms with Gasteiger partial charge in [-0.15, -0.1) is 0 Å². The first kappa shape index (κ1) is 24.4. The summed E-state index contributed by atoms with van der Waals surface area (Å²) in [6, 6.07) is 20.5. The zero-order valence-electron chi connectivity index (χ0n) is 20.2. The molecule has 1 aliphatic heterocycles. The summed E-state index contributed by atoms with van der Waals surface area (Å²) >= 11 is 0. The summed E-state index contributed by atoms with van der Waals surface area (Å²) in [4.78, 5) is 17.5. The van der Waals surface area contributed by atoms with Gasteiger partial charge >= 0.3 is 0 Å². The van der Waals surface area contributed by atoms with Crippen LogP contribution in [0.3, 0.4) is 0 Å². The second-order valence-electron chi connectivity index (χ2n) is 8.40. The fraction of sp³-hybridized carbons (Fsp3) is 0.185. The van der Waals surface area contributed by atoms with Crippen molar-refractivity contribution in [3.05, 3.63) is 96.6 Å². The molecular formula is C27H26N4O5S. The molecule has 0 radical (unpaired) electrons. The topological polar surface area (TPSA) is 103 Å². The normalized spacial score (nSPS) is 12.7. The van der Waals surface area contributed by atoms with Crippen molar-refractivity contribution in [2.24, 2.45) is 0 Å². The number of carbonyl (C=O) groups is 1. The SMILES string of the molecule is Cc1nccn1-c1ccccc1CNC(=O)CN(c1ccc2c(c1)OCCO2)S(=O)(=O)c1ccccc1. The van der Waals surface area contributed by atoms with E-state index in [9.17, 15) is 13.2 Å². The van der Waals surface area contributed by atoms with Crippen LogP contribution in [0.5, 0.6) is 11.5 Å². The number of carbonyl (C=O) groups excluding carboxylic acids is 1. The van der Waals surface area contributed by atoms with Crippen molar-refractivity contribution < 1.29 is 22.7 Å². The highest BCUT2D eigenvalue weighted by Gasteiger charge is 2.28. The van der Waals surface area contributed by atoms with Crippen LogP contribution in [0.4, 0.5) is 5.69 Å². The Kier molecular flexibility index (Phi) is 6.82. The van der Waals surface area contributed by atoms with Crippen molar-refractivity contribution >= 4 is 21.6 Å². The minimum atomic E-state index is -4.04. The molecule has 1 aliphatic rings. The number of aromatic nitrogens is 2. The number of imidazole rings is 1. The summed E-state index contributed by atoms with van der Waals surface area (Å²) in [6.07, 6.45) is 3.57. The summed E-state index contributed by atoms with van der Waals surface area (Å²) in [6.45, 7) is 2.48. The number of ether oxygens (including phenoxy) is 2. The Hall–Kier alpha value is -4.31. The van der Waals surface area contributed by atoms with Crippen LogP contribution in [-0.4, -0.2) is 43.6 Å². The minimum absolute atomic E-state index is 0.0821. The van der Waals surface area contributed by atoms with Gasteiger partial charge < -0.3 is 19.4 Å². The van der Waals surface area contributed by atoms with Gasteiger partial charge in [-0.25, -0.2) is 13.4 Å². The van der Waals surface area contributed by atoms with Gasteiger partial charge in [-0.05, 0) is 42.8 Å². The van der Waals surface area contributed by atoms with Crippen LogP contribution < -0.4 is 19.1 Å². The predicted octanol–water partition coefficient (Wildman–Crippen LogP) is 3.46. The van der Waals surface area contributed by atoms with Gasteiger partial charge in [0.05, 0.1) is 16.3 Å². The zero-order valence-corrected chi connectivity index (χ0v) is 21.0. The number of nitrogens with zero attached hydrogens (tertiary/aromatic N) is 3. The number of benzene rings is 3. The molecule has 37 heavy (non-hydrogen) atoms. The van der Waals surface area contributed by atoms with Gasteiger partial charge in [0, 0.05) is 25.0 Å². The van der Waals surface area contributed by atoms with Gasteiger partial charge in [0.1, 0.15) is 25.6 Å². The molecule has 0 fully saturated rings. The maximum atomic E-state index is 13.6. The molecular weight excluding hydrogens is 492 g/mol. The van der Waals surface area contributed by atoms with Crippen LogP contribution in [0, 0.1) is 6.92 Å². The van der Waals surface area contributed by atoms with Crippen LogP contribution >= 0.6 is 0 Å². The zero-order chi connectivity index (χ0) is 25.8. The molecule has 4 aromatic rings. The summed E-state index contributed by atoms with van der Waals surface area (Å²) in [5.74, 6) is 1.33. The summed E-state index contributed by atoms with van der Waals surface area (Å²) in [7, 11) is -4.04. The van der Waals surface area contributed by atoms with Crippen molar-refractivity contribution in [1.82, 2.24) is 14.9 Å². The first-order valence-corrected chi connectivity index (χ1v) is 13.2. The van der Waals surface area contributed by atoms with Crippen LogP contribution in [0.15, 0.2) is 90.1 Å². The highest BCUT2D eigenvalue weighted by molar-refractivity contribution is 7.92. The Labute approximate surface area is 215 Å². The summed E-state index contributed by atoms with van der Waals surface area (Å²) in [5.41, 5.74) is 2.06. The lowest BCUT2D eigenvalue weighted by atomic mass is 10.1. The molecule has 9 nitrogen and oxygen atoms in total. The van der Waals surface area contributed by atoms with E-state index >= 15 is 0 Å². The Morgan fingerprint density at radius 3 is 2.49 bits per heavy atom. The fourth-order valence-corrected chi connectivity index (χ4v) is 5.56. The molecule has 0 unspecified atom stereocenters. The maximum Gasteiger partial charge on any atom is 0.264 e. The largest absolute Gasteiger partial charge is 0.486 e. The number of para-hydroxylation sites is 1. The highest BCUT2D eigenvalue weighted by Crippen LogP contribution is 2.35. The quantitative estimate of drug-likeness (QED) is 0.383. The first-order chi connectivity index (χ1) is 17.9. The average molecular weight is 519 g/mol. The lowest BCUT2D eigenvalue weighted by molar-refractivity contribution is -0.119. The number of hydrogen-bond acceptors (Lipinski definition) is 6. The Bertz CT molecular complexity index is 1520. The number of sulfonamides is 1. The van der Waals surface area contributed by atoms with E-state index in [0.717, 1.165) is 21.4 Å². The smallest absolute Gasteiger partial charge is 0.264 e. The summed E-state index contributed by atoms with van der Waals surface area (Å²) < 4.78 is 41.5. The monoisotopic (exact) mass is 518 g/mol. The van der Waals surface area contributed by atoms with E-state index in [2.05, 4.69) is 10.3 Å². The number of amides is 1. The van der Waals surface area contributed by atoms with Crippen LogP contribution in [0.25, 0.3) is 5.69 Å². The van der Waals surface area contributed by atoms with Crippen molar-refractivity contribution in [3.63, 3.8) is 0 Å². The number of fused-ring (bicyclic) bond motifs is 1. The first-order valence-electron chi connectivity index (χ1n) is 11.8. The molecule has 190 valence electrons. The van der Waals surface area contributed by atoms with Crippen molar-refractivity contribution in [2.75, 3.05) is 24.1 Å². The van der Waals surface area contributed by atoms with Crippen molar-refractivity contribution in [2.45, 2.75) is 18.4 Å². The lowest BCUT2D eigenvalue weighted by Crippen LogP contribution is -2.40. The number of anilines is 1. The molecule has 1 N–H and O–H groups in total. The van der Waals surface area contributed by atoms with E-state index in [1.54, 1.807) is 42.6 Å². The second-order valence-corrected chi connectivity index (χ2v) is 10.3. The predicted molar refractivity (Wildman–Crippen MR) is 139 cm³/mol. The summed E-state index contributed by atoms with van der Waals surface area (Å²) in [5, 5.41) is 2.87. The van der Waals surface area contributed by atoms with Crippen molar-refractivity contribution in [3.8, 4) is 17.2 Å². The molecule has 1 amide bonds. The third kappa shape index (κ3) is 5.14. The van der Waals surface area contributed by atoms with E-state index < -0.39 is 22.5 Å². The highest BCUT2D eigenvalue weighted by atomic mass is 32.2. The van der Waals surface area contributed by atoms with Gasteiger partial charge in [0.15, 0.2) is 11.5 Å². The Balaban J connectivity index is 1.41. The molecule has 0 spiro atoms. The van der Waals surface area contributed by atoms with Gasteiger partial charge in [-0.2, -0.15) is 0 Å². The maximum absolute atomic E-state index is 13.6. The molecule has 0 saturated heterocycles. The van der Waals surface area contributed by atoms with E-state index in [1.807, 2.05) is 42.0 Å². The van der Waals surface area contributed by atoms with Gasteiger partial charge in [-0.3, -0.25) is 9.10 Å². The number of aryl methyl sites for hydroxylation is 1. The van der Waals surface area contributed by atoms with E-state index in [1.165, 1.54) is 12.1 Å². The van der Waals surface area contributed by atoms with E-state index in [0.29, 0.717) is 30.4 Å². The molecule has 0 saturated carbocycles.